The molecule has 0 spiro atoms. The lowest BCUT2D eigenvalue weighted by molar-refractivity contribution is 0.0989. The van der Waals surface area contributed by atoms with Gasteiger partial charge in [-0.2, -0.15) is 0 Å². The van der Waals surface area contributed by atoms with Gasteiger partial charge in [-0.15, -0.1) is 22.7 Å². The summed E-state index contributed by atoms with van der Waals surface area (Å²) < 4.78 is 23.8. The third-order valence-electron chi connectivity index (χ3n) is 14.2. The summed E-state index contributed by atoms with van der Waals surface area (Å²) in [6, 6.07) is 51.8. The molecule has 0 radical (unpaired) electrons. The average Bonchev–Trinajstić information content (AvgIpc) is 4.49. The van der Waals surface area contributed by atoms with Crippen LogP contribution in [0.1, 0.15) is 43.1 Å². The van der Waals surface area contributed by atoms with E-state index in [1.165, 1.54) is 37.9 Å². The summed E-state index contributed by atoms with van der Waals surface area (Å²) in [5.74, 6) is -1.15. The van der Waals surface area contributed by atoms with E-state index in [9.17, 15) is 28.8 Å². The van der Waals surface area contributed by atoms with Crippen molar-refractivity contribution in [1.29, 1.82) is 0 Å². The Morgan fingerprint density at radius 3 is 1.30 bits per heavy atom. The summed E-state index contributed by atoms with van der Waals surface area (Å²) in [7, 11) is 0. The second-order valence-electron chi connectivity index (χ2n) is 19.0. The molecule has 79 heavy (non-hydrogen) atoms. The molecule has 0 unspecified atom stereocenters. The molecule has 8 aromatic carbocycles. The Bertz CT molecular complexity index is 4870. The topological polar surface area (TPSA) is 174 Å². The molecule has 1 aliphatic rings. The molecule has 0 aliphatic heterocycles. The van der Waals surface area contributed by atoms with Crippen molar-refractivity contribution in [3.8, 4) is 0 Å². The maximum atomic E-state index is 15.2. The molecule has 0 N–H and O–H groups in total. The molecule has 1 aliphatic carbocycles. The van der Waals surface area contributed by atoms with Gasteiger partial charge < -0.3 is 14.2 Å². The Labute approximate surface area is 452 Å². The molecule has 0 bridgehead atoms. The van der Waals surface area contributed by atoms with Crippen molar-refractivity contribution in [2.75, 3.05) is 0 Å². The number of thiophene rings is 2. The molecule has 0 atom stereocenters. The number of hydrogen-bond acceptors (Lipinski definition) is 13. The number of hydrogen-bond donors (Lipinski definition) is 0. The van der Waals surface area contributed by atoms with E-state index in [1.54, 1.807) is 84.9 Å². The first-order valence-corrected chi connectivity index (χ1v) is 26.6. The van der Waals surface area contributed by atoms with E-state index in [2.05, 4.69) is 4.99 Å². The van der Waals surface area contributed by atoms with Gasteiger partial charge in [0.15, 0.2) is 16.9 Å². The summed E-state index contributed by atoms with van der Waals surface area (Å²) >= 11 is 2.45. The Morgan fingerprint density at radius 1 is 0.443 bits per heavy atom. The number of carbonyl (C=O) groups is 5. The van der Waals surface area contributed by atoms with Gasteiger partial charge in [-0.25, -0.2) is 33.1 Å². The van der Waals surface area contributed by atoms with Gasteiger partial charge in [-0.3, -0.25) is 19.2 Å². The third kappa shape index (κ3) is 7.75. The van der Waals surface area contributed by atoms with Crippen LogP contribution in [0.15, 0.2) is 196 Å². The van der Waals surface area contributed by atoms with Crippen LogP contribution >= 0.6 is 22.7 Å². The number of ketones is 2. The lowest BCUT2D eigenvalue weighted by atomic mass is 10.0. The van der Waals surface area contributed by atoms with Gasteiger partial charge in [-0.05, 0) is 74.6 Å². The molecular formula is C63H36N4O10S2. The number of benzene rings is 7. The van der Waals surface area contributed by atoms with Crippen molar-refractivity contribution in [3.63, 3.8) is 0 Å². The summed E-state index contributed by atoms with van der Waals surface area (Å²) in [6.07, 6.45) is -1.32. The first kappa shape index (κ1) is 47.3. The van der Waals surface area contributed by atoms with E-state index in [-0.39, 0.29) is 80.9 Å². The van der Waals surface area contributed by atoms with Crippen LogP contribution in [-0.4, -0.2) is 43.5 Å². The molecule has 14 nitrogen and oxygen atoms in total. The van der Waals surface area contributed by atoms with Crippen LogP contribution in [0.5, 0.6) is 0 Å². The van der Waals surface area contributed by atoms with E-state index in [0.29, 0.717) is 35.5 Å². The standard InChI is InChI=1S/C63H36N4O10S2/c68-55-42-24-37-20-10-11-21-38(37)25-43(42)56(69)46(55)28-41-29-47-51(65(41)61(72)75-31-34-14-4-1-5-15-34)53-59(78-47)60-54(67(53)63(74)77-33-36-18-8-3-9-19-36)52-48(79-60)30-49(66(52)62(73)76-32-35-16-6-2-7-17-35)64-50-57(70)44-26-39-22-12-13-23-40(39)27-45(44)58(50)71/h1-30H,31-33H2. The van der Waals surface area contributed by atoms with Crippen LogP contribution in [0.25, 0.3) is 79.3 Å². The van der Waals surface area contributed by atoms with Gasteiger partial charge in [0.2, 0.25) is 10.9 Å². The molecule has 5 heterocycles. The highest BCUT2D eigenvalue weighted by Crippen LogP contribution is 2.50. The zero-order valence-corrected chi connectivity index (χ0v) is 42.8. The number of ether oxygens (including phenoxy) is 3. The second-order valence-corrected chi connectivity index (χ2v) is 21.1. The molecule has 16 heteroatoms. The number of carbonyl (C=O) groups excluding carboxylic acids is 5. The maximum absolute atomic E-state index is 15.2. The number of aromatic nitrogens is 3. The Kier molecular flexibility index (Phi) is 11.1. The zero-order valence-electron chi connectivity index (χ0n) is 41.1. The van der Waals surface area contributed by atoms with Gasteiger partial charge in [-0.1, -0.05) is 140 Å². The van der Waals surface area contributed by atoms with Gasteiger partial charge >= 0.3 is 18.3 Å². The summed E-state index contributed by atoms with van der Waals surface area (Å²) in [5, 5.41) is 3.02. The minimum atomic E-state index is -0.931. The highest BCUT2D eigenvalue weighted by atomic mass is 32.1. The predicted octanol–water partition coefficient (Wildman–Crippen LogP) is 13.1. The van der Waals surface area contributed by atoms with Gasteiger partial charge in [0, 0.05) is 28.0 Å². The van der Waals surface area contributed by atoms with Crippen molar-refractivity contribution in [1.82, 2.24) is 13.7 Å². The fourth-order valence-electron chi connectivity index (χ4n) is 10.5. The smallest absolute Gasteiger partial charge is 0.420 e. The molecule has 380 valence electrons. The molecule has 0 saturated heterocycles. The van der Waals surface area contributed by atoms with Crippen molar-refractivity contribution in [2.45, 2.75) is 19.8 Å². The third-order valence-corrected chi connectivity index (χ3v) is 16.6. The monoisotopic (exact) mass is 1070 g/mol. The van der Waals surface area contributed by atoms with E-state index in [0.717, 1.165) is 26.1 Å². The molecule has 13 aromatic rings. The minimum absolute atomic E-state index is 0.115. The van der Waals surface area contributed by atoms with Crippen molar-refractivity contribution >= 4 is 138 Å². The van der Waals surface area contributed by atoms with Crippen LogP contribution in [0, 0.1) is 0 Å². The van der Waals surface area contributed by atoms with Crippen LogP contribution in [-0.2, 0) is 34.0 Å². The zero-order chi connectivity index (χ0) is 53.6. The molecule has 5 aromatic heterocycles. The highest BCUT2D eigenvalue weighted by Gasteiger charge is 2.36. The average molecular weight is 1070 g/mol. The Hall–Kier alpha value is -10.2. The molecule has 0 fully saturated rings. The number of nitrogens with zero attached hydrogens (tertiary/aromatic N) is 4. The molecule has 0 saturated carbocycles. The summed E-state index contributed by atoms with van der Waals surface area (Å²) in [4.78, 5) is 107. The van der Waals surface area contributed by atoms with Crippen molar-refractivity contribution in [3.05, 3.63) is 241 Å². The van der Waals surface area contributed by atoms with Crippen LogP contribution < -0.4 is 16.2 Å². The van der Waals surface area contributed by atoms with Crippen LogP contribution in [0.3, 0.4) is 0 Å². The maximum Gasteiger partial charge on any atom is 0.420 e. The fourth-order valence-corrected chi connectivity index (χ4v) is 13.1. The Morgan fingerprint density at radius 2 is 0.835 bits per heavy atom. The van der Waals surface area contributed by atoms with Gasteiger partial charge in [0.05, 0.1) is 52.1 Å². The minimum Gasteiger partial charge on any atom is -0.444 e. The highest BCUT2D eigenvalue weighted by molar-refractivity contribution is 7.33. The fraction of sp³-hybridized carbons (Fsp3) is 0.0476. The van der Waals surface area contributed by atoms with E-state index in [1.807, 2.05) is 91.0 Å². The number of allylic oxidation sites excluding steroid dienone is 1. The first-order chi connectivity index (χ1) is 38.6. The van der Waals surface area contributed by atoms with Crippen molar-refractivity contribution in [2.24, 2.45) is 4.99 Å². The first-order valence-electron chi connectivity index (χ1n) is 24.9. The second kappa shape index (κ2) is 18.5. The normalized spacial score (nSPS) is 12.5. The quantitative estimate of drug-likeness (QED) is 0.0809. The number of rotatable bonds is 8. The van der Waals surface area contributed by atoms with Crippen LogP contribution in [0.2, 0.25) is 0 Å². The molecule has 14 rings (SSSR count). The van der Waals surface area contributed by atoms with Gasteiger partial charge in [0.25, 0.3) is 0 Å². The lowest BCUT2D eigenvalue weighted by Gasteiger charge is -2.12. The van der Waals surface area contributed by atoms with Gasteiger partial charge in [0.1, 0.15) is 25.6 Å². The number of Topliss-reactive ketones (excluding diaryl/α,β-unsaturated/α-hetero) is 2. The van der Waals surface area contributed by atoms with Crippen molar-refractivity contribution < 1.29 is 38.2 Å². The van der Waals surface area contributed by atoms with Crippen LogP contribution in [0.4, 0.5) is 20.2 Å². The largest absolute Gasteiger partial charge is 0.444 e. The van der Waals surface area contributed by atoms with E-state index < -0.39 is 46.1 Å². The molecule has 0 amide bonds. The summed E-state index contributed by atoms with van der Waals surface area (Å²) in [6.45, 7) is -0.486. The SMILES string of the molecule is O=C1C(=Cc2cc3sc4c5sc6cc(N=c7c(=O)c8cc9ccccc9cc8c7=O)n(C(=O)OCc7ccccc7)c6c5n(C(=O)OCc5ccccc5)c4c3n2C(=O)OCc2ccccc2)C(=O)c2cc3ccccc3cc21. The number of fused-ring (bicyclic) bond motifs is 11. The van der Waals surface area contributed by atoms with E-state index >= 15 is 4.79 Å². The predicted molar refractivity (Wildman–Crippen MR) is 304 cm³/mol. The Balaban J connectivity index is 1.02. The summed E-state index contributed by atoms with van der Waals surface area (Å²) in [5.41, 5.74) is 1.93. The lowest BCUT2D eigenvalue weighted by Crippen LogP contribution is -2.31. The van der Waals surface area contributed by atoms with E-state index in [4.69, 9.17) is 14.2 Å². The molecular weight excluding hydrogens is 1040 g/mol.